The van der Waals surface area contributed by atoms with Crippen LogP contribution in [-0.2, 0) is 4.74 Å². The molecule has 0 atom stereocenters. The van der Waals surface area contributed by atoms with E-state index in [2.05, 4.69) is 20.5 Å². The lowest BCUT2D eigenvalue weighted by Crippen LogP contribution is -2.07. The van der Waals surface area contributed by atoms with Gasteiger partial charge in [0.25, 0.3) is 5.89 Å². The lowest BCUT2D eigenvalue weighted by Gasteiger charge is -2.08. The van der Waals surface area contributed by atoms with Crippen molar-refractivity contribution in [3.05, 3.63) is 48.2 Å². The van der Waals surface area contributed by atoms with Gasteiger partial charge >= 0.3 is 12.0 Å². The van der Waals surface area contributed by atoms with E-state index < -0.39 is 5.97 Å². The summed E-state index contributed by atoms with van der Waals surface area (Å²) in [6.45, 7) is 2.07. The smallest absolute Gasteiger partial charge is 0.340 e. The molecule has 2 heterocycles. The summed E-state index contributed by atoms with van der Waals surface area (Å²) < 4.78 is 10.5. The summed E-state index contributed by atoms with van der Waals surface area (Å²) in [6.07, 6.45) is 1.77. The van der Waals surface area contributed by atoms with Crippen LogP contribution in [0, 0.1) is 0 Å². The molecule has 0 fully saturated rings. The van der Waals surface area contributed by atoms with E-state index in [4.69, 9.17) is 9.15 Å². The predicted octanol–water partition coefficient (Wildman–Crippen LogP) is 2.99. The highest BCUT2D eigenvalue weighted by Crippen LogP contribution is 2.23. The van der Waals surface area contributed by atoms with Crippen LogP contribution in [-0.4, -0.2) is 27.8 Å². The molecule has 0 saturated heterocycles. The van der Waals surface area contributed by atoms with Gasteiger partial charge in [-0.1, -0.05) is 17.2 Å². The minimum atomic E-state index is -0.408. The number of ether oxygens (including phenoxy) is 1. The summed E-state index contributed by atoms with van der Waals surface area (Å²) in [5, 5.41) is 10.8. The zero-order valence-corrected chi connectivity index (χ0v) is 11.9. The van der Waals surface area contributed by atoms with Crippen molar-refractivity contribution in [2.24, 2.45) is 0 Å². The van der Waals surface area contributed by atoms with E-state index in [0.29, 0.717) is 23.7 Å². The molecule has 0 spiro atoms. The Balaban J connectivity index is 1.83. The minimum Gasteiger partial charge on any atom is -0.462 e. The van der Waals surface area contributed by atoms with Gasteiger partial charge in [0.15, 0.2) is 0 Å². The molecule has 7 nitrogen and oxygen atoms in total. The van der Waals surface area contributed by atoms with Crippen LogP contribution in [0.1, 0.15) is 17.3 Å². The van der Waals surface area contributed by atoms with Crippen LogP contribution in [0.4, 0.5) is 11.7 Å². The Morgan fingerprint density at radius 3 is 2.91 bits per heavy atom. The van der Waals surface area contributed by atoms with Crippen molar-refractivity contribution in [2.45, 2.75) is 6.92 Å². The molecule has 0 aliphatic carbocycles. The maximum Gasteiger partial charge on any atom is 0.340 e. The van der Waals surface area contributed by atoms with Crippen LogP contribution in [0.3, 0.4) is 0 Å². The summed E-state index contributed by atoms with van der Waals surface area (Å²) in [7, 11) is 0. The quantitative estimate of drug-likeness (QED) is 0.703. The zero-order valence-electron chi connectivity index (χ0n) is 11.9. The Kier molecular flexibility index (Phi) is 3.86. The number of esters is 1. The highest BCUT2D eigenvalue weighted by atomic mass is 16.5. The Hall–Kier alpha value is -3.09. The molecule has 0 aliphatic heterocycles. The second-order valence-corrected chi connectivity index (χ2v) is 4.39. The molecule has 0 radical (unpaired) electrons. The van der Waals surface area contributed by atoms with Crippen molar-refractivity contribution in [2.75, 3.05) is 11.9 Å². The van der Waals surface area contributed by atoms with E-state index in [0.717, 1.165) is 5.69 Å². The molecule has 112 valence electrons. The lowest BCUT2D eigenvalue weighted by atomic mass is 10.2. The van der Waals surface area contributed by atoms with E-state index in [9.17, 15) is 4.79 Å². The SMILES string of the molecule is CCOC(=O)c1ccccc1Nc1nnc(-c2ccc[nH]2)o1. The normalized spacial score (nSPS) is 10.4. The first kappa shape index (κ1) is 13.9. The third kappa shape index (κ3) is 2.83. The van der Waals surface area contributed by atoms with Gasteiger partial charge in [-0.3, -0.25) is 0 Å². The average molecular weight is 298 g/mol. The Morgan fingerprint density at radius 2 is 2.14 bits per heavy atom. The minimum absolute atomic E-state index is 0.196. The third-order valence-electron chi connectivity index (χ3n) is 2.92. The Bertz CT molecular complexity index is 765. The largest absolute Gasteiger partial charge is 0.462 e. The zero-order chi connectivity index (χ0) is 15.4. The fourth-order valence-electron chi connectivity index (χ4n) is 1.94. The van der Waals surface area contributed by atoms with Crippen molar-refractivity contribution in [3.8, 4) is 11.6 Å². The number of para-hydroxylation sites is 1. The molecular weight excluding hydrogens is 284 g/mol. The highest BCUT2D eigenvalue weighted by Gasteiger charge is 2.15. The fraction of sp³-hybridized carbons (Fsp3) is 0.133. The van der Waals surface area contributed by atoms with Crippen LogP contribution < -0.4 is 5.32 Å². The fourth-order valence-corrected chi connectivity index (χ4v) is 1.94. The number of H-pyrrole nitrogens is 1. The first-order valence-corrected chi connectivity index (χ1v) is 6.78. The first-order chi connectivity index (χ1) is 10.8. The number of anilines is 2. The second-order valence-electron chi connectivity index (χ2n) is 4.39. The Labute approximate surface area is 126 Å². The van der Waals surface area contributed by atoms with E-state index >= 15 is 0 Å². The Morgan fingerprint density at radius 1 is 1.27 bits per heavy atom. The number of hydrogen-bond acceptors (Lipinski definition) is 6. The molecule has 0 amide bonds. The van der Waals surface area contributed by atoms with Gasteiger partial charge in [-0.05, 0) is 31.2 Å². The third-order valence-corrected chi connectivity index (χ3v) is 2.92. The molecule has 7 heteroatoms. The molecule has 0 saturated carbocycles. The maximum atomic E-state index is 11.9. The number of rotatable bonds is 5. The number of nitrogens with one attached hydrogen (secondary N) is 2. The summed E-state index contributed by atoms with van der Waals surface area (Å²) in [5.41, 5.74) is 1.67. The van der Waals surface area contributed by atoms with Gasteiger partial charge < -0.3 is 19.5 Å². The molecule has 0 bridgehead atoms. The standard InChI is InChI=1S/C15H14N4O3/c1-2-21-14(20)10-6-3-4-7-11(10)17-15-19-18-13(22-15)12-8-5-9-16-12/h3-9,16H,2H2,1H3,(H,17,19). The predicted molar refractivity (Wildman–Crippen MR) is 79.8 cm³/mol. The van der Waals surface area contributed by atoms with Gasteiger partial charge in [0.05, 0.1) is 17.9 Å². The number of aromatic amines is 1. The van der Waals surface area contributed by atoms with Gasteiger partial charge in [-0.2, -0.15) is 0 Å². The van der Waals surface area contributed by atoms with E-state index in [1.54, 1.807) is 37.4 Å². The molecule has 3 aromatic rings. The second kappa shape index (κ2) is 6.13. The van der Waals surface area contributed by atoms with Crippen molar-refractivity contribution in [3.63, 3.8) is 0 Å². The van der Waals surface area contributed by atoms with Crippen LogP contribution in [0.15, 0.2) is 47.0 Å². The monoisotopic (exact) mass is 298 g/mol. The van der Waals surface area contributed by atoms with Crippen molar-refractivity contribution in [1.82, 2.24) is 15.2 Å². The summed E-state index contributed by atoms with van der Waals surface area (Å²) in [6, 6.07) is 10.8. The highest BCUT2D eigenvalue weighted by molar-refractivity contribution is 5.96. The number of carbonyl (C=O) groups excluding carboxylic acids is 1. The van der Waals surface area contributed by atoms with Crippen molar-refractivity contribution in [1.29, 1.82) is 0 Å². The number of benzene rings is 1. The van der Waals surface area contributed by atoms with E-state index in [1.165, 1.54) is 0 Å². The van der Waals surface area contributed by atoms with Gasteiger partial charge in [0.2, 0.25) is 0 Å². The van der Waals surface area contributed by atoms with Gasteiger partial charge in [0.1, 0.15) is 5.69 Å². The molecular formula is C15H14N4O3. The van der Waals surface area contributed by atoms with Crippen LogP contribution >= 0.6 is 0 Å². The van der Waals surface area contributed by atoms with Crippen molar-refractivity contribution >= 4 is 17.7 Å². The number of aromatic nitrogens is 3. The van der Waals surface area contributed by atoms with Gasteiger partial charge in [-0.25, -0.2) is 4.79 Å². The summed E-state index contributed by atoms with van der Waals surface area (Å²) in [5.74, 6) is -0.0455. The van der Waals surface area contributed by atoms with Crippen molar-refractivity contribution < 1.29 is 13.9 Å². The number of carbonyl (C=O) groups is 1. The topological polar surface area (TPSA) is 93.0 Å². The lowest BCUT2D eigenvalue weighted by molar-refractivity contribution is 0.0527. The van der Waals surface area contributed by atoms with Crippen LogP contribution in [0.2, 0.25) is 0 Å². The maximum absolute atomic E-state index is 11.9. The molecule has 2 N–H and O–H groups in total. The molecule has 0 aliphatic rings. The molecule has 22 heavy (non-hydrogen) atoms. The molecule has 1 aromatic carbocycles. The van der Waals surface area contributed by atoms with Crippen LogP contribution in [0.25, 0.3) is 11.6 Å². The van der Waals surface area contributed by atoms with E-state index in [1.807, 2.05) is 12.1 Å². The molecule has 3 rings (SSSR count). The number of nitrogens with zero attached hydrogens (tertiary/aromatic N) is 2. The summed E-state index contributed by atoms with van der Waals surface area (Å²) >= 11 is 0. The van der Waals surface area contributed by atoms with Crippen LogP contribution in [0.5, 0.6) is 0 Å². The number of hydrogen-bond donors (Lipinski definition) is 2. The first-order valence-electron chi connectivity index (χ1n) is 6.78. The summed E-state index contributed by atoms with van der Waals surface area (Å²) in [4.78, 5) is 14.9. The molecule has 0 unspecified atom stereocenters. The molecule has 2 aromatic heterocycles. The van der Waals surface area contributed by atoms with Gasteiger partial charge in [-0.15, -0.1) is 5.10 Å². The average Bonchev–Trinajstić information content (AvgIpc) is 3.19. The van der Waals surface area contributed by atoms with Gasteiger partial charge in [0, 0.05) is 6.20 Å². The van der Waals surface area contributed by atoms with E-state index in [-0.39, 0.29) is 6.01 Å².